The van der Waals surface area contributed by atoms with Crippen LogP contribution in [0.15, 0.2) is 77.7 Å². The Bertz CT molecular complexity index is 993. The van der Waals surface area contributed by atoms with Crippen LogP contribution in [0.3, 0.4) is 0 Å². The molecule has 1 heterocycles. The van der Waals surface area contributed by atoms with Gasteiger partial charge in [-0.3, -0.25) is 14.5 Å². The Labute approximate surface area is 163 Å². The number of hydrogen-bond donors (Lipinski definition) is 0. The highest BCUT2D eigenvalue weighted by molar-refractivity contribution is 7.98. The van der Waals surface area contributed by atoms with Gasteiger partial charge in [0, 0.05) is 10.6 Å². The van der Waals surface area contributed by atoms with Gasteiger partial charge in [0.05, 0.1) is 17.7 Å². The number of carbonyl (C=O) groups is 2. The summed E-state index contributed by atoms with van der Waals surface area (Å²) in [5.41, 5.74) is 4.39. The van der Waals surface area contributed by atoms with Crippen molar-refractivity contribution >= 4 is 23.6 Å². The predicted molar refractivity (Wildman–Crippen MR) is 108 cm³/mol. The molecule has 0 aromatic heterocycles. The summed E-state index contributed by atoms with van der Waals surface area (Å²) in [5.74, 6) is 0.374. The number of thioether (sulfide) groups is 1. The lowest BCUT2D eigenvalue weighted by atomic mass is 10.1. The molecule has 0 saturated heterocycles. The third-order valence-electron chi connectivity index (χ3n) is 4.80. The van der Waals surface area contributed by atoms with Crippen molar-refractivity contribution in [2.45, 2.75) is 24.1 Å². The SMILES string of the molecule is Cc1ccccc1SCc1ccccc1CN1C(=O)c2ccccc2C1=O. The second-order valence-corrected chi connectivity index (χ2v) is 7.58. The number of nitrogens with zero attached hydrogens (tertiary/aromatic N) is 1. The van der Waals surface area contributed by atoms with Gasteiger partial charge in [-0.2, -0.15) is 0 Å². The lowest BCUT2D eigenvalue weighted by Crippen LogP contribution is -2.29. The number of rotatable bonds is 5. The molecule has 3 aromatic rings. The minimum Gasteiger partial charge on any atom is -0.270 e. The molecule has 4 heteroatoms. The Hall–Kier alpha value is -2.85. The number of amides is 2. The monoisotopic (exact) mass is 373 g/mol. The van der Waals surface area contributed by atoms with Crippen molar-refractivity contribution in [3.05, 3.63) is 101 Å². The first kappa shape index (κ1) is 17.6. The molecule has 134 valence electrons. The van der Waals surface area contributed by atoms with Crippen LogP contribution in [0, 0.1) is 6.92 Å². The molecule has 2 amide bonds. The second kappa shape index (κ2) is 7.41. The molecular weight excluding hydrogens is 354 g/mol. The molecule has 0 N–H and O–H groups in total. The van der Waals surface area contributed by atoms with Gasteiger partial charge >= 0.3 is 0 Å². The summed E-state index contributed by atoms with van der Waals surface area (Å²) in [4.78, 5) is 27.9. The fourth-order valence-corrected chi connectivity index (χ4v) is 4.34. The zero-order valence-corrected chi connectivity index (χ0v) is 15.8. The predicted octanol–water partition coefficient (Wildman–Crippen LogP) is 5.08. The molecule has 0 saturated carbocycles. The maximum absolute atomic E-state index is 12.6. The van der Waals surface area contributed by atoms with Gasteiger partial charge in [0.15, 0.2) is 0 Å². The number of imide groups is 1. The molecule has 0 fully saturated rings. The number of aryl methyl sites for hydroxylation is 1. The summed E-state index contributed by atoms with van der Waals surface area (Å²) in [6.45, 7) is 2.41. The molecule has 0 aliphatic carbocycles. The summed E-state index contributed by atoms with van der Waals surface area (Å²) < 4.78 is 0. The first-order valence-electron chi connectivity index (χ1n) is 8.85. The van der Waals surface area contributed by atoms with Gasteiger partial charge in [0.2, 0.25) is 0 Å². The third-order valence-corrected chi connectivity index (χ3v) is 6.03. The Morgan fingerprint density at radius 2 is 1.30 bits per heavy atom. The van der Waals surface area contributed by atoms with Crippen molar-refractivity contribution in [1.82, 2.24) is 4.90 Å². The first-order valence-corrected chi connectivity index (χ1v) is 9.84. The van der Waals surface area contributed by atoms with Crippen LogP contribution in [0.1, 0.15) is 37.4 Å². The number of benzene rings is 3. The van der Waals surface area contributed by atoms with Crippen LogP contribution in [-0.2, 0) is 12.3 Å². The molecule has 0 radical (unpaired) electrons. The lowest BCUT2D eigenvalue weighted by Gasteiger charge is -2.17. The van der Waals surface area contributed by atoms with Gasteiger partial charge in [-0.25, -0.2) is 0 Å². The second-order valence-electron chi connectivity index (χ2n) is 6.56. The maximum atomic E-state index is 12.6. The molecular formula is C23H19NO2S. The Kier molecular flexibility index (Phi) is 4.82. The summed E-state index contributed by atoms with van der Waals surface area (Å²) in [6.07, 6.45) is 0. The summed E-state index contributed by atoms with van der Waals surface area (Å²) in [7, 11) is 0. The first-order chi connectivity index (χ1) is 13.1. The third kappa shape index (κ3) is 3.40. The van der Waals surface area contributed by atoms with Gasteiger partial charge in [0.1, 0.15) is 0 Å². The zero-order chi connectivity index (χ0) is 18.8. The highest BCUT2D eigenvalue weighted by Crippen LogP contribution is 2.29. The average Bonchev–Trinajstić information content (AvgIpc) is 2.94. The molecule has 1 aliphatic rings. The van der Waals surface area contributed by atoms with Crippen LogP contribution in [-0.4, -0.2) is 16.7 Å². The smallest absolute Gasteiger partial charge is 0.261 e. The molecule has 3 aromatic carbocycles. The van der Waals surface area contributed by atoms with Crippen molar-refractivity contribution in [2.24, 2.45) is 0 Å². The van der Waals surface area contributed by atoms with Gasteiger partial charge < -0.3 is 0 Å². The van der Waals surface area contributed by atoms with Crippen molar-refractivity contribution in [1.29, 1.82) is 0 Å². The van der Waals surface area contributed by atoms with Crippen LogP contribution in [0.5, 0.6) is 0 Å². The van der Waals surface area contributed by atoms with E-state index in [2.05, 4.69) is 25.1 Å². The summed E-state index contributed by atoms with van der Waals surface area (Å²) >= 11 is 1.77. The van der Waals surface area contributed by atoms with Crippen LogP contribution in [0.25, 0.3) is 0 Å². The quantitative estimate of drug-likeness (QED) is 0.462. The highest BCUT2D eigenvalue weighted by atomic mass is 32.2. The van der Waals surface area contributed by atoms with Gasteiger partial charge in [-0.15, -0.1) is 11.8 Å². The summed E-state index contributed by atoms with van der Waals surface area (Å²) in [6, 6.07) is 23.3. The maximum Gasteiger partial charge on any atom is 0.261 e. The zero-order valence-electron chi connectivity index (χ0n) is 15.0. The topological polar surface area (TPSA) is 37.4 Å². The van der Waals surface area contributed by atoms with Gasteiger partial charge in [-0.1, -0.05) is 54.6 Å². The van der Waals surface area contributed by atoms with Crippen LogP contribution in [0.2, 0.25) is 0 Å². The van der Waals surface area contributed by atoms with Crippen LogP contribution >= 0.6 is 11.8 Å². The van der Waals surface area contributed by atoms with Crippen molar-refractivity contribution < 1.29 is 9.59 Å². The van der Waals surface area contributed by atoms with Gasteiger partial charge in [-0.05, 0) is 41.8 Å². The molecule has 4 rings (SSSR count). The van der Waals surface area contributed by atoms with Crippen molar-refractivity contribution in [3.63, 3.8) is 0 Å². The van der Waals surface area contributed by atoms with E-state index in [0.29, 0.717) is 17.7 Å². The number of fused-ring (bicyclic) bond motifs is 1. The van der Waals surface area contributed by atoms with E-state index in [9.17, 15) is 9.59 Å². The molecule has 0 spiro atoms. The van der Waals surface area contributed by atoms with Crippen LogP contribution in [0.4, 0.5) is 0 Å². The average molecular weight is 373 g/mol. The Morgan fingerprint density at radius 1 is 0.741 bits per heavy atom. The van der Waals surface area contributed by atoms with E-state index >= 15 is 0 Å². The van der Waals surface area contributed by atoms with E-state index in [1.54, 1.807) is 36.0 Å². The van der Waals surface area contributed by atoms with E-state index in [-0.39, 0.29) is 11.8 Å². The Balaban J connectivity index is 1.55. The minimum absolute atomic E-state index is 0.211. The lowest BCUT2D eigenvalue weighted by molar-refractivity contribution is 0.0642. The van der Waals surface area contributed by atoms with E-state index in [1.165, 1.54) is 15.4 Å². The molecule has 0 bridgehead atoms. The molecule has 1 aliphatic heterocycles. The van der Waals surface area contributed by atoms with Crippen LogP contribution < -0.4 is 0 Å². The number of hydrogen-bond acceptors (Lipinski definition) is 3. The summed E-state index contributed by atoms with van der Waals surface area (Å²) in [5, 5.41) is 0. The fourth-order valence-electron chi connectivity index (χ4n) is 3.28. The molecule has 0 atom stereocenters. The van der Waals surface area contributed by atoms with E-state index in [0.717, 1.165) is 16.9 Å². The van der Waals surface area contributed by atoms with Crippen molar-refractivity contribution in [3.8, 4) is 0 Å². The minimum atomic E-state index is -0.211. The van der Waals surface area contributed by atoms with E-state index < -0.39 is 0 Å². The standard InChI is InChI=1S/C23H19NO2S/c1-16-8-2-7-13-21(16)27-15-18-10-4-3-9-17(18)14-24-22(25)19-11-5-6-12-20(19)23(24)26/h2-13H,14-15H2,1H3. The van der Waals surface area contributed by atoms with Crippen molar-refractivity contribution in [2.75, 3.05) is 0 Å². The molecule has 3 nitrogen and oxygen atoms in total. The number of carbonyl (C=O) groups excluding carboxylic acids is 2. The molecule has 27 heavy (non-hydrogen) atoms. The van der Waals surface area contributed by atoms with Gasteiger partial charge in [0.25, 0.3) is 11.8 Å². The molecule has 0 unspecified atom stereocenters. The van der Waals surface area contributed by atoms with E-state index in [4.69, 9.17) is 0 Å². The highest BCUT2D eigenvalue weighted by Gasteiger charge is 2.35. The fraction of sp³-hybridized carbons (Fsp3) is 0.130. The largest absolute Gasteiger partial charge is 0.270 e. The normalized spacial score (nSPS) is 13.1. The van der Waals surface area contributed by atoms with E-state index in [1.807, 2.05) is 30.3 Å². The Morgan fingerprint density at radius 3 is 1.96 bits per heavy atom.